The van der Waals surface area contributed by atoms with Gasteiger partial charge >= 0.3 is 0 Å². The van der Waals surface area contributed by atoms with Crippen LogP contribution in [0.25, 0.3) is 10.9 Å². The summed E-state index contributed by atoms with van der Waals surface area (Å²) in [5, 5.41) is 8.78. The van der Waals surface area contributed by atoms with Crippen molar-refractivity contribution in [1.82, 2.24) is 15.0 Å². The summed E-state index contributed by atoms with van der Waals surface area (Å²) in [6, 6.07) is 7.24. The molecule has 0 saturated carbocycles. The number of aromatic amines is 1. The van der Waals surface area contributed by atoms with E-state index in [-0.39, 0.29) is 28.5 Å². The molecular formula is C24H20F2N4OS. The Bertz CT molecular complexity index is 1300. The van der Waals surface area contributed by atoms with Gasteiger partial charge in [0.25, 0.3) is 0 Å². The number of benzene rings is 2. The molecule has 0 bridgehead atoms. The van der Waals surface area contributed by atoms with E-state index in [1.54, 1.807) is 30.9 Å². The highest BCUT2D eigenvalue weighted by Gasteiger charge is 2.19. The van der Waals surface area contributed by atoms with Gasteiger partial charge in [0.2, 0.25) is 0 Å². The second-order valence-electron chi connectivity index (χ2n) is 7.05. The number of aromatic nitrogens is 3. The van der Waals surface area contributed by atoms with Gasteiger partial charge in [0, 0.05) is 59.5 Å². The lowest BCUT2D eigenvalue weighted by Crippen LogP contribution is -2.02. The van der Waals surface area contributed by atoms with Crippen molar-refractivity contribution in [2.24, 2.45) is 0 Å². The van der Waals surface area contributed by atoms with Crippen LogP contribution in [0.1, 0.15) is 22.5 Å². The van der Waals surface area contributed by atoms with E-state index < -0.39 is 11.6 Å². The summed E-state index contributed by atoms with van der Waals surface area (Å²) in [6.07, 6.45) is 9.39. The largest absolute Gasteiger partial charge is 0.454 e. The molecule has 0 atom stereocenters. The van der Waals surface area contributed by atoms with Crippen LogP contribution in [0, 0.1) is 17.0 Å². The molecule has 4 aromatic rings. The number of H-pyrrole nitrogens is 1. The van der Waals surface area contributed by atoms with Crippen molar-refractivity contribution in [3.63, 3.8) is 0 Å². The fourth-order valence-electron chi connectivity index (χ4n) is 3.39. The van der Waals surface area contributed by atoms with Crippen molar-refractivity contribution >= 4 is 27.7 Å². The minimum atomic E-state index is -0.558. The summed E-state index contributed by atoms with van der Waals surface area (Å²) in [5.41, 5.74) is 2.77. The first-order chi connectivity index (χ1) is 15.5. The van der Waals surface area contributed by atoms with Crippen molar-refractivity contribution in [1.29, 1.82) is 5.41 Å². The maximum atomic E-state index is 15.1. The Hall–Kier alpha value is -3.52. The van der Waals surface area contributed by atoms with E-state index in [4.69, 9.17) is 10.1 Å². The molecule has 8 heteroatoms. The van der Waals surface area contributed by atoms with Crippen molar-refractivity contribution in [2.75, 3.05) is 6.26 Å². The fraction of sp³-hybridized carbons (Fsp3) is 0.125. The Morgan fingerprint density at radius 2 is 1.94 bits per heavy atom. The topological polar surface area (TPSA) is 74.7 Å². The monoisotopic (exact) mass is 450 g/mol. The molecule has 0 unspecified atom stereocenters. The number of thioether (sulfide) groups is 1. The molecule has 0 amide bonds. The first kappa shape index (κ1) is 21.7. The molecule has 2 aromatic carbocycles. The number of halogens is 2. The third kappa shape index (κ3) is 4.40. The number of ether oxygens (including phenoxy) is 1. The zero-order chi connectivity index (χ0) is 22.7. The highest BCUT2D eigenvalue weighted by Crippen LogP contribution is 2.36. The smallest absolute Gasteiger partial charge is 0.168 e. The number of hydrogen-bond donors (Lipinski definition) is 2. The van der Waals surface area contributed by atoms with Crippen LogP contribution in [0.15, 0.2) is 61.6 Å². The Morgan fingerprint density at radius 3 is 2.66 bits per heavy atom. The van der Waals surface area contributed by atoms with Crippen LogP contribution in [-0.4, -0.2) is 26.3 Å². The molecule has 0 aliphatic rings. The molecule has 0 aliphatic carbocycles. The summed E-state index contributed by atoms with van der Waals surface area (Å²) < 4.78 is 35.2. The standard InChI is InChI=1S/C24H20F2N4OS/c1-3-4-14-12-30-15(13-29-14)9-18-17-7-8-28-22(17)11-21(26)23(18)31-16-5-6-20(25)19(10-16)24(27)32-2/h3,5-8,10-13,27-28H,1,4,9H2,2H3. The number of nitrogens with zero attached hydrogens (tertiary/aromatic N) is 2. The average molecular weight is 451 g/mol. The molecule has 0 aliphatic heterocycles. The van der Waals surface area contributed by atoms with Gasteiger partial charge in [-0.15, -0.1) is 18.3 Å². The third-order valence-corrected chi connectivity index (χ3v) is 5.57. The third-order valence-electron chi connectivity index (χ3n) is 4.94. The van der Waals surface area contributed by atoms with Crippen LogP contribution < -0.4 is 4.74 Å². The minimum absolute atomic E-state index is 0.0299. The first-order valence-electron chi connectivity index (χ1n) is 9.79. The molecule has 32 heavy (non-hydrogen) atoms. The zero-order valence-electron chi connectivity index (χ0n) is 17.3. The van der Waals surface area contributed by atoms with E-state index in [1.165, 1.54) is 24.3 Å². The van der Waals surface area contributed by atoms with Gasteiger partial charge in [-0.05, 0) is 30.5 Å². The van der Waals surface area contributed by atoms with Gasteiger partial charge in [0.15, 0.2) is 11.6 Å². The normalized spacial score (nSPS) is 11.0. The van der Waals surface area contributed by atoms with Gasteiger partial charge in [-0.2, -0.15) is 0 Å². The SMILES string of the molecule is C=CCc1cnc(Cc2c(Oc3ccc(F)c(C(=N)SC)c3)c(F)cc3[nH]ccc23)cn1. The van der Waals surface area contributed by atoms with Crippen LogP contribution in [0.2, 0.25) is 0 Å². The lowest BCUT2D eigenvalue weighted by Gasteiger charge is -2.15. The predicted molar refractivity (Wildman–Crippen MR) is 124 cm³/mol. The maximum Gasteiger partial charge on any atom is 0.168 e. The molecule has 4 rings (SSSR count). The maximum absolute atomic E-state index is 15.1. The Morgan fingerprint density at radius 1 is 1.16 bits per heavy atom. The minimum Gasteiger partial charge on any atom is -0.454 e. The average Bonchev–Trinajstić information content (AvgIpc) is 3.26. The molecule has 2 N–H and O–H groups in total. The van der Waals surface area contributed by atoms with E-state index in [2.05, 4.69) is 21.5 Å². The lowest BCUT2D eigenvalue weighted by molar-refractivity contribution is 0.437. The van der Waals surface area contributed by atoms with E-state index in [1.807, 2.05) is 6.07 Å². The summed E-state index contributed by atoms with van der Waals surface area (Å²) in [7, 11) is 0. The quantitative estimate of drug-likeness (QED) is 0.205. The zero-order valence-corrected chi connectivity index (χ0v) is 18.1. The molecular weight excluding hydrogens is 430 g/mol. The van der Waals surface area contributed by atoms with E-state index >= 15 is 4.39 Å². The van der Waals surface area contributed by atoms with Crippen LogP contribution in [0.5, 0.6) is 11.5 Å². The highest BCUT2D eigenvalue weighted by atomic mass is 32.2. The Balaban J connectivity index is 1.75. The molecule has 2 aromatic heterocycles. The summed E-state index contributed by atoms with van der Waals surface area (Å²) in [6.45, 7) is 3.70. The predicted octanol–water partition coefficient (Wildman–Crippen LogP) is 6.04. The summed E-state index contributed by atoms with van der Waals surface area (Å²) in [5.74, 6) is -0.824. The van der Waals surface area contributed by atoms with Gasteiger partial charge < -0.3 is 9.72 Å². The Kier molecular flexibility index (Phi) is 6.32. The van der Waals surface area contributed by atoms with Gasteiger partial charge in [-0.1, -0.05) is 6.08 Å². The van der Waals surface area contributed by atoms with Crippen molar-refractivity contribution < 1.29 is 13.5 Å². The molecule has 0 spiro atoms. The van der Waals surface area contributed by atoms with Crippen molar-refractivity contribution in [2.45, 2.75) is 12.8 Å². The number of nitrogens with one attached hydrogen (secondary N) is 2. The Labute approximate surface area is 188 Å². The van der Waals surface area contributed by atoms with E-state index in [0.29, 0.717) is 23.2 Å². The second-order valence-corrected chi connectivity index (χ2v) is 7.87. The van der Waals surface area contributed by atoms with Gasteiger partial charge in [-0.25, -0.2) is 8.78 Å². The van der Waals surface area contributed by atoms with Crippen molar-refractivity contribution in [3.8, 4) is 11.5 Å². The highest BCUT2D eigenvalue weighted by molar-refractivity contribution is 8.13. The molecule has 2 heterocycles. The van der Waals surface area contributed by atoms with Crippen LogP contribution >= 0.6 is 11.8 Å². The molecule has 5 nitrogen and oxygen atoms in total. The van der Waals surface area contributed by atoms with Crippen LogP contribution in [-0.2, 0) is 12.8 Å². The van der Waals surface area contributed by atoms with Gasteiger partial charge in [0.1, 0.15) is 11.6 Å². The summed E-state index contributed by atoms with van der Waals surface area (Å²) in [4.78, 5) is 11.8. The fourth-order valence-corrected chi connectivity index (χ4v) is 3.76. The summed E-state index contributed by atoms with van der Waals surface area (Å²) >= 11 is 1.11. The van der Waals surface area contributed by atoms with E-state index in [9.17, 15) is 4.39 Å². The molecule has 162 valence electrons. The van der Waals surface area contributed by atoms with Crippen molar-refractivity contribution in [3.05, 3.63) is 95.7 Å². The molecule has 0 fully saturated rings. The first-order valence-corrected chi connectivity index (χ1v) is 11.0. The molecule has 0 radical (unpaired) electrons. The van der Waals surface area contributed by atoms with Crippen LogP contribution in [0.4, 0.5) is 8.78 Å². The van der Waals surface area contributed by atoms with Crippen LogP contribution in [0.3, 0.4) is 0 Å². The second kappa shape index (κ2) is 9.32. The number of allylic oxidation sites excluding steroid dienone is 1. The molecule has 0 saturated heterocycles. The number of fused-ring (bicyclic) bond motifs is 1. The van der Waals surface area contributed by atoms with Gasteiger partial charge in [-0.3, -0.25) is 15.4 Å². The van der Waals surface area contributed by atoms with Gasteiger partial charge in [0.05, 0.1) is 16.4 Å². The number of hydrogen-bond acceptors (Lipinski definition) is 5. The number of rotatable bonds is 7. The van der Waals surface area contributed by atoms with E-state index in [0.717, 1.165) is 22.8 Å². The lowest BCUT2D eigenvalue weighted by atomic mass is 10.0.